The number of rotatable bonds is 7. The SMILES string of the molecule is O=C(O)C1(S(=O)(=O)N2CCC(Oc3ccc(C(F)(F)F)cc3)CC2)CCN(Cc2ccco2)CC1. The summed E-state index contributed by atoms with van der Waals surface area (Å²) in [6.45, 7) is 1.26. The van der Waals surface area contributed by atoms with Crippen LogP contribution in [-0.2, 0) is 27.5 Å². The van der Waals surface area contributed by atoms with Crippen molar-refractivity contribution in [2.45, 2.75) is 49.3 Å². The van der Waals surface area contributed by atoms with E-state index in [4.69, 9.17) is 9.15 Å². The van der Waals surface area contributed by atoms with Gasteiger partial charge in [-0.05, 0) is 62.1 Å². The fourth-order valence-corrected chi connectivity index (χ4v) is 6.73. The summed E-state index contributed by atoms with van der Waals surface area (Å²) in [4.78, 5) is 14.2. The number of aliphatic carboxylic acids is 1. The lowest BCUT2D eigenvalue weighted by Crippen LogP contribution is -2.59. The van der Waals surface area contributed by atoms with E-state index in [9.17, 15) is 31.5 Å². The standard InChI is InChI=1S/C23H27F3N2O6S/c24-23(25,26)17-3-5-18(6-4-17)34-19-7-11-28(12-8-19)35(31,32)22(21(29)30)9-13-27(14-10-22)16-20-2-1-15-33-20/h1-6,15,19H,7-14,16H2,(H,29,30). The molecule has 3 heterocycles. The minimum Gasteiger partial charge on any atom is -0.490 e. The smallest absolute Gasteiger partial charge is 0.416 e. The lowest BCUT2D eigenvalue weighted by atomic mass is 9.96. The number of piperidine rings is 2. The first-order valence-electron chi connectivity index (χ1n) is 11.3. The molecule has 1 aromatic carbocycles. The molecule has 0 bridgehead atoms. The number of carboxylic acid groups (broad SMARTS) is 1. The van der Waals surface area contributed by atoms with E-state index in [1.54, 1.807) is 12.3 Å². The molecule has 2 aromatic rings. The molecule has 0 amide bonds. The minimum atomic E-state index is -4.44. The molecule has 1 aromatic heterocycles. The molecule has 35 heavy (non-hydrogen) atoms. The quantitative estimate of drug-likeness (QED) is 0.600. The first-order chi connectivity index (χ1) is 16.5. The van der Waals surface area contributed by atoms with Gasteiger partial charge in [-0.15, -0.1) is 0 Å². The fraction of sp³-hybridized carbons (Fsp3) is 0.522. The number of carbonyl (C=O) groups is 1. The van der Waals surface area contributed by atoms with Crippen molar-refractivity contribution in [3.05, 3.63) is 54.0 Å². The molecule has 192 valence electrons. The number of halogens is 3. The molecule has 0 atom stereocenters. The van der Waals surface area contributed by atoms with E-state index >= 15 is 0 Å². The summed E-state index contributed by atoms with van der Waals surface area (Å²) in [5.74, 6) is -0.352. The van der Waals surface area contributed by atoms with Crippen molar-refractivity contribution in [1.82, 2.24) is 9.21 Å². The molecule has 2 saturated heterocycles. The second-order valence-corrected chi connectivity index (χ2v) is 11.1. The van der Waals surface area contributed by atoms with E-state index in [0.29, 0.717) is 32.5 Å². The van der Waals surface area contributed by atoms with Gasteiger partial charge in [-0.3, -0.25) is 9.69 Å². The molecule has 4 rings (SSSR count). The normalized spacial score (nSPS) is 20.5. The summed E-state index contributed by atoms with van der Waals surface area (Å²) in [5.41, 5.74) is -0.778. The third kappa shape index (κ3) is 5.34. The Bertz CT molecular complexity index is 1100. The summed E-state index contributed by atoms with van der Waals surface area (Å²) in [7, 11) is -4.15. The van der Waals surface area contributed by atoms with Gasteiger partial charge in [0.25, 0.3) is 0 Å². The van der Waals surface area contributed by atoms with Crippen molar-refractivity contribution >= 4 is 16.0 Å². The monoisotopic (exact) mass is 516 g/mol. The second-order valence-electron chi connectivity index (χ2n) is 8.90. The second kappa shape index (κ2) is 9.82. The molecule has 2 fully saturated rings. The summed E-state index contributed by atoms with van der Waals surface area (Å²) in [5, 5.41) is 9.98. The molecular weight excluding hydrogens is 489 g/mol. The van der Waals surface area contributed by atoms with Gasteiger partial charge in [0.15, 0.2) is 4.75 Å². The molecule has 0 radical (unpaired) electrons. The number of benzene rings is 1. The zero-order valence-corrected chi connectivity index (χ0v) is 19.7. The Balaban J connectivity index is 1.36. The van der Waals surface area contributed by atoms with E-state index in [-0.39, 0.29) is 37.8 Å². The number of hydrogen-bond donors (Lipinski definition) is 1. The molecule has 0 unspecified atom stereocenters. The Hall–Kier alpha value is -2.57. The Morgan fingerprint density at radius 3 is 2.23 bits per heavy atom. The van der Waals surface area contributed by atoms with Gasteiger partial charge in [-0.2, -0.15) is 13.2 Å². The van der Waals surface area contributed by atoms with Crippen LogP contribution in [0.4, 0.5) is 13.2 Å². The average molecular weight is 517 g/mol. The molecule has 2 aliphatic heterocycles. The van der Waals surface area contributed by atoms with Gasteiger partial charge in [0, 0.05) is 26.2 Å². The number of alkyl halides is 3. The number of likely N-dealkylation sites (tertiary alicyclic amines) is 1. The lowest BCUT2D eigenvalue weighted by Gasteiger charge is -2.42. The molecule has 2 aliphatic rings. The number of furan rings is 1. The Morgan fingerprint density at radius 2 is 1.71 bits per heavy atom. The van der Waals surface area contributed by atoms with Crippen LogP contribution >= 0.6 is 0 Å². The van der Waals surface area contributed by atoms with Crippen LogP contribution in [-0.4, -0.2) is 65.7 Å². The maximum Gasteiger partial charge on any atom is 0.416 e. The van der Waals surface area contributed by atoms with Gasteiger partial charge < -0.3 is 14.3 Å². The van der Waals surface area contributed by atoms with Crippen LogP contribution in [0.5, 0.6) is 5.75 Å². The average Bonchev–Trinajstić information content (AvgIpc) is 3.32. The molecule has 1 N–H and O–H groups in total. The predicted octanol–water partition coefficient (Wildman–Crippen LogP) is 3.59. The van der Waals surface area contributed by atoms with Crippen molar-refractivity contribution in [3.63, 3.8) is 0 Å². The largest absolute Gasteiger partial charge is 0.490 e. The zero-order chi connectivity index (χ0) is 25.3. The van der Waals surface area contributed by atoms with Crippen LogP contribution in [0, 0.1) is 0 Å². The minimum absolute atomic E-state index is 0.0344. The van der Waals surface area contributed by atoms with E-state index in [2.05, 4.69) is 0 Å². The summed E-state index contributed by atoms with van der Waals surface area (Å²) in [6.07, 6.45) is -2.72. The number of carboxylic acids is 1. The van der Waals surface area contributed by atoms with Crippen LogP contribution in [0.25, 0.3) is 0 Å². The fourth-order valence-electron chi connectivity index (χ4n) is 4.63. The highest BCUT2D eigenvalue weighted by atomic mass is 32.2. The van der Waals surface area contributed by atoms with Crippen LogP contribution in [0.15, 0.2) is 47.1 Å². The topological polar surface area (TPSA) is 100 Å². The first kappa shape index (κ1) is 25.5. The van der Waals surface area contributed by atoms with Crippen molar-refractivity contribution in [2.75, 3.05) is 26.2 Å². The highest BCUT2D eigenvalue weighted by Gasteiger charge is 2.55. The van der Waals surface area contributed by atoms with E-state index in [1.165, 1.54) is 16.4 Å². The molecule has 8 nitrogen and oxygen atoms in total. The summed E-state index contributed by atoms with van der Waals surface area (Å²) >= 11 is 0. The van der Waals surface area contributed by atoms with E-state index in [0.717, 1.165) is 17.9 Å². The van der Waals surface area contributed by atoms with E-state index < -0.39 is 32.5 Å². The van der Waals surface area contributed by atoms with Crippen LogP contribution in [0.2, 0.25) is 0 Å². The Morgan fingerprint density at radius 1 is 1.09 bits per heavy atom. The lowest BCUT2D eigenvalue weighted by molar-refractivity contribution is -0.141. The first-order valence-corrected chi connectivity index (χ1v) is 12.8. The number of sulfonamides is 1. The molecule has 12 heteroatoms. The van der Waals surface area contributed by atoms with Crippen molar-refractivity contribution in [3.8, 4) is 5.75 Å². The molecule has 0 spiro atoms. The van der Waals surface area contributed by atoms with Gasteiger partial charge in [0.2, 0.25) is 10.0 Å². The van der Waals surface area contributed by atoms with Crippen LogP contribution in [0.1, 0.15) is 37.0 Å². The van der Waals surface area contributed by atoms with Crippen LogP contribution < -0.4 is 4.74 Å². The highest BCUT2D eigenvalue weighted by molar-refractivity contribution is 7.91. The third-order valence-corrected chi connectivity index (χ3v) is 9.35. The maximum atomic E-state index is 13.5. The number of nitrogens with zero attached hydrogens (tertiary/aromatic N) is 2. The number of hydrogen-bond acceptors (Lipinski definition) is 6. The molecular formula is C23H27F3N2O6S. The van der Waals surface area contributed by atoms with Gasteiger partial charge in [-0.25, -0.2) is 12.7 Å². The van der Waals surface area contributed by atoms with E-state index in [1.807, 2.05) is 11.0 Å². The van der Waals surface area contributed by atoms with Gasteiger partial charge in [0.1, 0.15) is 17.6 Å². The number of ether oxygens (including phenoxy) is 1. The summed E-state index contributed by atoms with van der Waals surface area (Å²) in [6, 6.07) is 7.92. The molecule has 0 aliphatic carbocycles. The van der Waals surface area contributed by atoms with Crippen molar-refractivity contribution in [2.24, 2.45) is 0 Å². The maximum absolute atomic E-state index is 13.5. The summed E-state index contributed by atoms with van der Waals surface area (Å²) < 4.78 is 75.5. The van der Waals surface area contributed by atoms with Gasteiger partial charge in [-0.1, -0.05) is 0 Å². The van der Waals surface area contributed by atoms with Crippen LogP contribution in [0.3, 0.4) is 0 Å². The van der Waals surface area contributed by atoms with Crippen molar-refractivity contribution < 1.29 is 40.6 Å². The Labute approximate surface area is 201 Å². The zero-order valence-electron chi connectivity index (χ0n) is 18.9. The third-order valence-electron chi connectivity index (χ3n) is 6.73. The molecule has 0 saturated carbocycles. The Kier molecular flexibility index (Phi) is 7.16. The predicted molar refractivity (Wildman–Crippen MR) is 119 cm³/mol. The van der Waals surface area contributed by atoms with Gasteiger partial charge >= 0.3 is 12.1 Å². The van der Waals surface area contributed by atoms with Gasteiger partial charge in [0.05, 0.1) is 18.4 Å². The van der Waals surface area contributed by atoms with Crippen molar-refractivity contribution in [1.29, 1.82) is 0 Å². The highest BCUT2D eigenvalue weighted by Crippen LogP contribution is 2.36.